The first kappa shape index (κ1) is 19.4. The molecule has 2 aromatic rings. The number of amides is 2. The lowest BCUT2D eigenvalue weighted by molar-refractivity contribution is -0.138. The number of hydrogen-bond acceptors (Lipinski definition) is 3. The van der Waals surface area contributed by atoms with Crippen LogP contribution in [0.25, 0.3) is 0 Å². The summed E-state index contributed by atoms with van der Waals surface area (Å²) in [5.41, 5.74) is -1.46. The fourth-order valence-corrected chi connectivity index (χ4v) is 2.39. The third-order valence-corrected chi connectivity index (χ3v) is 3.63. The molecule has 0 radical (unpaired) electrons. The van der Waals surface area contributed by atoms with E-state index in [-0.39, 0.29) is 29.1 Å². The van der Waals surface area contributed by atoms with Crippen molar-refractivity contribution in [1.82, 2.24) is 4.98 Å². The largest absolute Gasteiger partial charge is 0.416 e. The third kappa shape index (κ3) is 4.81. The third-order valence-electron chi connectivity index (χ3n) is 3.63. The van der Waals surface area contributed by atoms with Crippen LogP contribution >= 0.6 is 0 Å². The van der Waals surface area contributed by atoms with E-state index in [4.69, 9.17) is 0 Å². The Kier molecular flexibility index (Phi) is 5.97. The molecular weight excluding hydrogens is 347 g/mol. The van der Waals surface area contributed by atoms with Gasteiger partial charge in [-0.05, 0) is 43.2 Å². The van der Waals surface area contributed by atoms with Crippen LogP contribution in [0, 0.1) is 6.92 Å². The predicted octanol–water partition coefficient (Wildman–Crippen LogP) is 4.40. The van der Waals surface area contributed by atoms with Crippen LogP contribution < -0.4 is 10.6 Å². The van der Waals surface area contributed by atoms with Crippen LogP contribution in [0.3, 0.4) is 0 Å². The second kappa shape index (κ2) is 7.99. The molecule has 138 valence electrons. The van der Waals surface area contributed by atoms with E-state index in [1.165, 1.54) is 25.3 Å². The normalized spacial score (nSPS) is 11.1. The number of rotatable bonds is 5. The number of hydrogen-bond donors (Lipinski definition) is 2. The first-order chi connectivity index (χ1) is 12.2. The summed E-state index contributed by atoms with van der Waals surface area (Å²) in [4.78, 5) is 28.1. The molecule has 5 nitrogen and oxygen atoms in total. The number of nitrogens with one attached hydrogen (secondary N) is 2. The summed E-state index contributed by atoms with van der Waals surface area (Å²) in [5, 5.41) is 4.86. The Morgan fingerprint density at radius 1 is 1.15 bits per heavy atom. The van der Waals surface area contributed by atoms with Crippen molar-refractivity contribution >= 4 is 23.3 Å². The van der Waals surface area contributed by atoms with Gasteiger partial charge in [-0.3, -0.25) is 9.59 Å². The van der Waals surface area contributed by atoms with Gasteiger partial charge in [0.25, 0.3) is 5.91 Å². The van der Waals surface area contributed by atoms with Gasteiger partial charge in [0.2, 0.25) is 5.91 Å². The highest BCUT2D eigenvalue weighted by atomic mass is 19.4. The van der Waals surface area contributed by atoms with Crippen LogP contribution in [0.4, 0.5) is 24.7 Å². The Morgan fingerprint density at radius 3 is 2.46 bits per heavy atom. The predicted molar refractivity (Wildman–Crippen MR) is 91.9 cm³/mol. The Morgan fingerprint density at radius 2 is 1.88 bits per heavy atom. The van der Waals surface area contributed by atoms with Crippen molar-refractivity contribution in [2.75, 3.05) is 10.6 Å². The van der Waals surface area contributed by atoms with Crippen molar-refractivity contribution in [2.45, 2.75) is 32.9 Å². The van der Waals surface area contributed by atoms with E-state index in [0.717, 1.165) is 6.07 Å². The van der Waals surface area contributed by atoms with Crippen LogP contribution in [-0.4, -0.2) is 16.8 Å². The molecule has 0 bridgehead atoms. The van der Waals surface area contributed by atoms with Gasteiger partial charge in [0, 0.05) is 23.9 Å². The van der Waals surface area contributed by atoms with Crippen molar-refractivity contribution in [3.8, 4) is 0 Å². The number of carbonyl (C=O) groups excluding carboxylic acids is 2. The van der Waals surface area contributed by atoms with Crippen molar-refractivity contribution in [1.29, 1.82) is 0 Å². The van der Waals surface area contributed by atoms with Crippen LogP contribution in [-0.2, 0) is 11.0 Å². The highest BCUT2D eigenvalue weighted by Crippen LogP contribution is 2.35. The van der Waals surface area contributed by atoms with Gasteiger partial charge < -0.3 is 10.6 Å². The molecule has 8 heteroatoms. The molecule has 0 aliphatic carbocycles. The lowest BCUT2D eigenvalue weighted by atomic mass is 9.99. The van der Waals surface area contributed by atoms with Crippen molar-refractivity contribution in [2.24, 2.45) is 0 Å². The Bertz CT molecular complexity index is 805. The summed E-state index contributed by atoms with van der Waals surface area (Å²) in [6.07, 6.45) is -2.48. The molecule has 0 saturated heterocycles. The number of nitrogens with zero attached hydrogens (tertiary/aromatic N) is 1. The second-order valence-corrected chi connectivity index (χ2v) is 5.66. The second-order valence-electron chi connectivity index (χ2n) is 5.66. The van der Waals surface area contributed by atoms with Crippen LogP contribution in [0.2, 0.25) is 0 Å². The molecule has 2 rings (SSSR count). The lowest BCUT2D eigenvalue weighted by Crippen LogP contribution is -2.19. The van der Waals surface area contributed by atoms with Crippen LogP contribution in [0.1, 0.15) is 41.3 Å². The van der Waals surface area contributed by atoms with Gasteiger partial charge in [-0.15, -0.1) is 0 Å². The Labute approximate surface area is 148 Å². The number of pyridine rings is 1. The Hall–Kier alpha value is -2.90. The summed E-state index contributed by atoms with van der Waals surface area (Å²) < 4.78 is 40.0. The smallest absolute Gasteiger partial charge is 0.326 e. The van der Waals surface area contributed by atoms with E-state index < -0.39 is 23.6 Å². The summed E-state index contributed by atoms with van der Waals surface area (Å²) >= 11 is 0. The van der Waals surface area contributed by atoms with E-state index in [0.29, 0.717) is 6.42 Å². The standard InChI is InChI=1S/C18H18F3N3O2/c1-3-6-16(25)23-12-9-13(11(2)14(10-12)18(19,20)21)17(26)24-15-7-4-5-8-22-15/h4-5,7-10H,3,6H2,1-2H3,(H,23,25)(H,22,24,26). The molecule has 0 atom stereocenters. The van der Waals surface area contributed by atoms with Gasteiger partial charge in [0.05, 0.1) is 5.56 Å². The van der Waals surface area contributed by atoms with Gasteiger partial charge in [-0.2, -0.15) is 13.2 Å². The molecule has 0 aliphatic heterocycles. The topological polar surface area (TPSA) is 71.1 Å². The maximum atomic E-state index is 13.3. The monoisotopic (exact) mass is 365 g/mol. The summed E-state index contributed by atoms with van der Waals surface area (Å²) in [6, 6.07) is 6.87. The molecule has 1 aromatic heterocycles. The minimum atomic E-state index is -4.66. The molecule has 0 saturated carbocycles. The number of benzene rings is 1. The molecule has 0 fully saturated rings. The molecule has 0 spiro atoms. The van der Waals surface area contributed by atoms with Crippen molar-refractivity contribution in [3.05, 3.63) is 53.2 Å². The minimum Gasteiger partial charge on any atom is -0.326 e. The quantitative estimate of drug-likeness (QED) is 0.825. The fourth-order valence-electron chi connectivity index (χ4n) is 2.39. The number of aromatic nitrogens is 1. The summed E-state index contributed by atoms with van der Waals surface area (Å²) in [7, 11) is 0. The molecule has 2 amide bonds. The highest BCUT2D eigenvalue weighted by Gasteiger charge is 2.34. The van der Waals surface area contributed by atoms with Gasteiger partial charge in [-0.25, -0.2) is 4.98 Å². The molecule has 0 unspecified atom stereocenters. The summed E-state index contributed by atoms with van der Waals surface area (Å²) in [5.74, 6) is -0.940. The van der Waals surface area contributed by atoms with E-state index in [1.807, 2.05) is 0 Å². The van der Waals surface area contributed by atoms with Crippen LogP contribution in [0.15, 0.2) is 36.5 Å². The maximum absolute atomic E-state index is 13.3. The number of alkyl halides is 3. The zero-order chi connectivity index (χ0) is 19.3. The average Bonchev–Trinajstić information content (AvgIpc) is 2.56. The minimum absolute atomic E-state index is 0.0763. The Balaban J connectivity index is 2.42. The highest BCUT2D eigenvalue weighted by molar-refractivity contribution is 6.06. The SMILES string of the molecule is CCCC(=O)Nc1cc(C(=O)Nc2ccccn2)c(C)c(C(F)(F)F)c1. The van der Waals surface area contributed by atoms with Gasteiger partial charge >= 0.3 is 6.18 Å². The number of anilines is 2. The van der Waals surface area contributed by atoms with Gasteiger partial charge in [0.1, 0.15) is 5.82 Å². The van der Waals surface area contributed by atoms with E-state index in [9.17, 15) is 22.8 Å². The van der Waals surface area contributed by atoms with Gasteiger partial charge in [-0.1, -0.05) is 13.0 Å². The van der Waals surface area contributed by atoms with Gasteiger partial charge in [0.15, 0.2) is 0 Å². The maximum Gasteiger partial charge on any atom is 0.416 e. The van der Waals surface area contributed by atoms with Crippen molar-refractivity contribution < 1.29 is 22.8 Å². The zero-order valence-electron chi connectivity index (χ0n) is 14.3. The van der Waals surface area contributed by atoms with Crippen LogP contribution in [0.5, 0.6) is 0 Å². The van der Waals surface area contributed by atoms with Crippen molar-refractivity contribution in [3.63, 3.8) is 0 Å². The molecule has 1 aromatic carbocycles. The number of halogens is 3. The molecule has 1 heterocycles. The first-order valence-electron chi connectivity index (χ1n) is 7.96. The lowest BCUT2D eigenvalue weighted by Gasteiger charge is -2.17. The fraction of sp³-hybridized carbons (Fsp3) is 0.278. The average molecular weight is 365 g/mol. The zero-order valence-corrected chi connectivity index (χ0v) is 14.3. The molecule has 2 N–H and O–H groups in total. The molecular formula is C18H18F3N3O2. The molecule has 0 aliphatic rings. The molecule has 26 heavy (non-hydrogen) atoms. The summed E-state index contributed by atoms with van der Waals surface area (Å²) in [6.45, 7) is 3.00. The van der Waals surface area contributed by atoms with E-state index >= 15 is 0 Å². The first-order valence-corrected chi connectivity index (χ1v) is 7.96. The number of carbonyl (C=O) groups is 2. The van der Waals surface area contributed by atoms with E-state index in [2.05, 4.69) is 15.6 Å². The van der Waals surface area contributed by atoms with E-state index in [1.54, 1.807) is 19.1 Å².